The molecule has 0 bridgehead atoms. The average molecular weight is 312 g/mol. The van der Waals surface area contributed by atoms with Crippen molar-refractivity contribution in [2.45, 2.75) is 13.8 Å². The van der Waals surface area contributed by atoms with E-state index in [0.717, 1.165) is 5.56 Å². The number of nitro groups is 1. The first-order valence-electron chi connectivity index (χ1n) is 6.84. The van der Waals surface area contributed by atoms with Crippen LogP contribution in [0.3, 0.4) is 0 Å². The Kier molecular flexibility index (Phi) is 4.70. The minimum Gasteiger partial charge on any atom is -0.399 e. The zero-order valence-corrected chi connectivity index (χ0v) is 12.7. The molecule has 0 spiro atoms. The van der Waals surface area contributed by atoms with Crippen molar-refractivity contribution in [2.75, 3.05) is 5.73 Å². The number of amides is 1. The molecule has 0 unspecified atom stereocenters. The Hall–Kier alpha value is -3.22. The van der Waals surface area contributed by atoms with E-state index in [-0.39, 0.29) is 11.3 Å². The summed E-state index contributed by atoms with van der Waals surface area (Å²) in [5, 5.41) is 14.9. The van der Waals surface area contributed by atoms with Crippen LogP contribution in [0.4, 0.5) is 11.4 Å². The van der Waals surface area contributed by atoms with Crippen LogP contribution in [0.2, 0.25) is 0 Å². The zero-order valence-electron chi connectivity index (χ0n) is 12.7. The highest BCUT2D eigenvalue weighted by molar-refractivity contribution is 6.01. The second-order valence-corrected chi connectivity index (χ2v) is 5.02. The summed E-state index contributed by atoms with van der Waals surface area (Å²) in [6.07, 6.45) is 0. The molecule has 2 rings (SSSR count). The van der Waals surface area contributed by atoms with E-state index in [0.29, 0.717) is 17.0 Å². The van der Waals surface area contributed by atoms with Crippen molar-refractivity contribution >= 4 is 23.0 Å². The van der Waals surface area contributed by atoms with Gasteiger partial charge in [0.1, 0.15) is 0 Å². The minimum atomic E-state index is -0.520. The molecule has 0 aliphatic heterocycles. The maximum Gasteiger partial charge on any atom is 0.273 e. The summed E-state index contributed by atoms with van der Waals surface area (Å²) in [7, 11) is 0. The van der Waals surface area contributed by atoms with Crippen molar-refractivity contribution in [1.29, 1.82) is 0 Å². The maximum atomic E-state index is 12.1. The molecule has 0 aliphatic rings. The fourth-order valence-electron chi connectivity index (χ4n) is 1.97. The molecular weight excluding hydrogens is 296 g/mol. The first-order chi connectivity index (χ1) is 10.9. The van der Waals surface area contributed by atoms with Crippen LogP contribution in [-0.4, -0.2) is 16.5 Å². The van der Waals surface area contributed by atoms with E-state index in [1.54, 1.807) is 32.0 Å². The average Bonchev–Trinajstić information content (AvgIpc) is 2.52. The third-order valence-corrected chi connectivity index (χ3v) is 3.30. The molecule has 0 saturated carbocycles. The summed E-state index contributed by atoms with van der Waals surface area (Å²) in [5.41, 5.74) is 10.6. The van der Waals surface area contributed by atoms with Crippen molar-refractivity contribution < 1.29 is 9.72 Å². The highest BCUT2D eigenvalue weighted by Gasteiger charge is 2.14. The molecule has 0 radical (unpaired) electrons. The molecule has 0 aromatic heterocycles. The SMILES string of the molecule is C/C(=N/NC(=O)c1ccc(C)c([N+](=O)[O-])c1)c1cccc(N)c1. The Morgan fingerprint density at radius 2 is 1.96 bits per heavy atom. The third-order valence-electron chi connectivity index (χ3n) is 3.30. The molecule has 2 aromatic rings. The number of benzene rings is 2. The summed E-state index contributed by atoms with van der Waals surface area (Å²) in [5.74, 6) is -0.517. The highest BCUT2D eigenvalue weighted by Crippen LogP contribution is 2.19. The smallest absolute Gasteiger partial charge is 0.273 e. The van der Waals surface area contributed by atoms with Crippen molar-refractivity contribution in [3.05, 3.63) is 69.3 Å². The van der Waals surface area contributed by atoms with Gasteiger partial charge in [-0.05, 0) is 37.6 Å². The minimum absolute atomic E-state index is 0.103. The van der Waals surface area contributed by atoms with Crippen molar-refractivity contribution in [3.63, 3.8) is 0 Å². The Labute approximate surface area is 133 Å². The van der Waals surface area contributed by atoms with Crippen molar-refractivity contribution in [1.82, 2.24) is 5.43 Å². The largest absolute Gasteiger partial charge is 0.399 e. The van der Waals surface area contributed by atoms with E-state index in [2.05, 4.69) is 10.5 Å². The van der Waals surface area contributed by atoms with Gasteiger partial charge in [0, 0.05) is 22.9 Å². The molecule has 2 aromatic carbocycles. The van der Waals surface area contributed by atoms with Crippen LogP contribution < -0.4 is 11.2 Å². The molecule has 7 nitrogen and oxygen atoms in total. The van der Waals surface area contributed by atoms with Crippen LogP contribution in [0.25, 0.3) is 0 Å². The lowest BCUT2D eigenvalue weighted by Gasteiger charge is -2.05. The monoisotopic (exact) mass is 312 g/mol. The predicted molar refractivity (Wildman–Crippen MR) is 88.4 cm³/mol. The molecule has 0 atom stereocenters. The van der Waals surface area contributed by atoms with Gasteiger partial charge in [0.15, 0.2) is 0 Å². The Morgan fingerprint density at radius 1 is 1.22 bits per heavy atom. The van der Waals surface area contributed by atoms with Gasteiger partial charge in [-0.25, -0.2) is 5.43 Å². The molecule has 23 heavy (non-hydrogen) atoms. The quantitative estimate of drug-likeness (QED) is 0.391. The first kappa shape index (κ1) is 16.2. The molecular formula is C16H16N4O3. The van der Waals surface area contributed by atoms with E-state index in [9.17, 15) is 14.9 Å². The van der Waals surface area contributed by atoms with Gasteiger partial charge in [-0.15, -0.1) is 0 Å². The molecule has 0 fully saturated rings. The number of hydrazone groups is 1. The summed E-state index contributed by atoms with van der Waals surface area (Å²) in [4.78, 5) is 22.5. The van der Waals surface area contributed by atoms with Gasteiger partial charge in [0.25, 0.3) is 11.6 Å². The van der Waals surface area contributed by atoms with Crippen LogP contribution >= 0.6 is 0 Å². The van der Waals surface area contributed by atoms with Crippen LogP contribution in [0.1, 0.15) is 28.4 Å². The van der Waals surface area contributed by atoms with Crippen molar-refractivity contribution in [3.8, 4) is 0 Å². The number of aryl methyl sites for hydroxylation is 1. The van der Waals surface area contributed by atoms with Gasteiger partial charge >= 0.3 is 0 Å². The van der Waals surface area contributed by atoms with Gasteiger partial charge < -0.3 is 5.73 Å². The first-order valence-corrected chi connectivity index (χ1v) is 6.84. The molecule has 1 amide bonds. The second-order valence-electron chi connectivity index (χ2n) is 5.02. The third kappa shape index (κ3) is 3.91. The fraction of sp³-hybridized carbons (Fsp3) is 0.125. The normalized spacial score (nSPS) is 11.1. The molecule has 118 valence electrons. The highest BCUT2D eigenvalue weighted by atomic mass is 16.6. The number of hydrogen-bond acceptors (Lipinski definition) is 5. The van der Waals surface area contributed by atoms with E-state index in [4.69, 9.17) is 5.73 Å². The van der Waals surface area contributed by atoms with Gasteiger partial charge in [-0.2, -0.15) is 5.10 Å². The molecule has 3 N–H and O–H groups in total. The number of hydrogen-bond donors (Lipinski definition) is 2. The van der Waals surface area contributed by atoms with Gasteiger partial charge in [-0.1, -0.05) is 18.2 Å². The molecule has 7 heteroatoms. The summed E-state index contributed by atoms with van der Waals surface area (Å²) < 4.78 is 0. The van der Waals surface area contributed by atoms with Crippen LogP contribution in [0, 0.1) is 17.0 Å². The zero-order chi connectivity index (χ0) is 17.0. The van der Waals surface area contributed by atoms with Gasteiger partial charge in [-0.3, -0.25) is 14.9 Å². The van der Waals surface area contributed by atoms with E-state index in [1.807, 2.05) is 6.07 Å². The Balaban J connectivity index is 2.18. The van der Waals surface area contributed by atoms with Gasteiger partial charge in [0.2, 0.25) is 0 Å². The molecule has 0 aliphatic carbocycles. The Morgan fingerprint density at radius 3 is 2.61 bits per heavy atom. The lowest BCUT2D eigenvalue weighted by molar-refractivity contribution is -0.385. The Bertz CT molecular complexity index is 800. The number of carbonyl (C=O) groups is 1. The van der Waals surface area contributed by atoms with Crippen molar-refractivity contribution in [2.24, 2.45) is 5.10 Å². The van der Waals surface area contributed by atoms with Crippen LogP contribution in [0.5, 0.6) is 0 Å². The summed E-state index contributed by atoms with van der Waals surface area (Å²) in [6.45, 7) is 3.34. The number of rotatable bonds is 4. The fourth-order valence-corrected chi connectivity index (χ4v) is 1.97. The van der Waals surface area contributed by atoms with E-state index < -0.39 is 10.8 Å². The lowest BCUT2D eigenvalue weighted by atomic mass is 10.1. The van der Waals surface area contributed by atoms with Gasteiger partial charge in [0.05, 0.1) is 10.6 Å². The van der Waals surface area contributed by atoms with Crippen LogP contribution in [0.15, 0.2) is 47.6 Å². The lowest BCUT2D eigenvalue weighted by Crippen LogP contribution is -2.19. The number of nitrogens with zero attached hydrogens (tertiary/aromatic N) is 2. The van der Waals surface area contributed by atoms with Crippen LogP contribution in [-0.2, 0) is 0 Å². The standard InChI is InChI=1S/C16H16N4O3/c1-10-6-7-13(9-15(10)20(22)23)16(21)19-18-11(2)12-4-3-5-14(17)8-12/h3-9H,17H2,1-2H3,(H,19,21)/b18-11-. The summed E-state index contributed by atoms with van der Waals surface area (Å²) in [6, 6.07) is 11.4. The number of anilines is 1. The predicted octanol–water partition coefficient (Wildman–Crippen LogP) is 2.64. The maximum absolute atomic E-state index is 12.1. The number of nitrogen functional groups attached to an aromatic ring is 1. The molecule has 0 heterocycles. The van der Waals surface area contributed by atoms with E-state index in [1.165, 1.54) is 18.2 Å². The number of carbonyl (C=O) groups excluding carboxylic acids is 1. The molecule has 0 saturated heterocycles. The summed E-state index contributed by atoms with van der Waals surface area (Å²) >= 11 is 0. The number of nitro benzene ring substituents is 1. The van der Waals surface area contributed by atoms with E-state index >= 15 is 0 Å². The second kappa shape index (κ2) is 6.69. The number of nitrogens with one attached hydrogen (secondary N) is 1. The topological polar surface area (TPSA) is 111 Å². The number of nitrogens with two attached hydrogens (primary N) is 1.